The molecule has 0 aromatic heterocycles. The van der Waals surface area contributed by atoms with E-state index in [1.165, 1.54) is 5.57 Å². The lowest BCUT2D eigenvalue weighted by Gasteiger charge is -2.59. The SMILES string of the molecule is CC1=CC[C@H]2C(C)(C)[C@@H](O[C@@H]3O[C@H](CO)[C@@H](O)[C@H](O)[C@H]3O)CC[C@]2(C)[C@H]1CO. The van der Waals surface area contributed by atoms with Crippen LogP contribution in [0.1, 0.15) is 47.0 Å². The van der Waals surface area contributed by atoms with Crippen LogP contribution in [-0.2, 0) is 9.47 Å². The van der Waals surface area contributed by atoms with E-state index in [-0.39, 0.29) is 35.4 Å². The molecule has 0 radical (unpaired) electrons. The minimum absolute atomic E-state index is 0.0354. The summed E-state index contributed by atoms with van der Waals surface area (Å²) in [5.74, 6) is 0.406. The third-order valence-corrected chi connectivity index (χ3v) is 7.82. The predicted molar refractivity (Wildman–Crippen MR) is 102 cm³/mol. The van der Waals surface area contributed by atoms with Crippen LogP contribution in [0.5, 0.6) is 0 Å². The van der Waals surface area contributed by atoms with E-state index < -0.39 is 37.3 Å². The number of aliphatic hydroxyl groups is 5. The fourth-order valence-corrected chi connectivity index (χ4v) is 5.96. The van der Waals surface area contributed by atoms with Crippen molar-refractivity contribution in [3.05, 3.63) is 11.6 Å². The van der Waals surface area contributed by atoms with Crippen molar-refractivity contribution in [1.82, 2.24) is 0 Å². The van der Waals surface area contributed by atoms with Crippen molar-refractivity contribution in [3.8, 4) is 0 Å². The van der Waals surface area contributed by atoms with Gasteiger partial charge in [0.2, 0.25) is 0 Å². The van der Waals surface area contributed by atoms with Crippen molar-refractivity contribution >= 4 is 0 Å². The van der Waals surface area contributed by atoms with Crippen LogP contribution in [0.4, 0.5) is 0 Å². The quantitative estimate of drug-likeness (QED) is 0.438. The first-order valence-electron chi connectivity index (χ1n) is 10.3. The Morgan fingerprint density at radius 2 is 1.75 bits per heavy atom. The number of hydrogen-bond donors (Lipinski definition) is 5. The van der Waals surface area contributed by atoms with Gasteiger partial charge in [0.1, 0.15) is 24.4 Å². The average molecular weight is 401 g/mol. The van der Waals surface area contributed by atoms with Crippen molar-refractivity contribution in [2.45, 2.75) is 83.8 Å². The van der Waals surface area contributed by atoms with Crippen LogP contribution in [0.3, 0.4) is 0 Å². The number of hydrogen-bond acceptors (Lipinski definition) is 7. The lowest BCUT2D eigenvalue weighted by Crippen LogP contribution is -2.62. The Kier molecular flexibility index (Phi) is 6.29. The second-order valence-corrected chi connectivity index (χ2v) is 9.66. The number of allylic oxidation sites excluding steroid dienone is 1. The molecule has 1 saturated heterocycles. The number of rotatable bonds is 4. The van der Waals surface area contributed by atoms with E-state index in [1.54, 1.807) is 0 Å². The highest BCUT2D eigenvalue weighted by atomic mass is 16.7. The Bertz CT molecular complexity index is 589. The van der Waals surface area contributed by atoms with E-state index in [1.807, 2.05) is 0 Å². The van der Waals surface area contributed by atoms with Gasteiger partial charge in [-0.15, -0.1) is 0 Å². The molecule has 7 nitrogen and oxygen atoms in total. The molecule has 2 fully saturated rings. The summed E-state index contributed by atoms with van der Waals surface area (Å²) in [6, 6.07) is 0. The second kappa shape index (κ2) is 7.95. The molecular weight excluding hydrogens is 364 g/mol. The van der Waals surface area contributed by atoms with Gasteiger partial charge in [-0.25, -0.2) is 0 Å². The van der Waals surface area contributed by atoms with Gasteiger partial charge in [0.05, 0.1) is 19.3 Å². The van der Waals surface area contributed by atoms with E-state index in [0.717, 1.165) is 19.3 Å². The molecule has 0 aromatic carbocycles. The third-order valence-electron chi connectivity index (χ3n) is 7.82. The zero-order valence-corrected chi connectivity index (χ0v) is 17.3. The highest BCUT2D eigenvalue weighted by Gasteiger charge is 2.57. The summed E-state index contributed by atoms with van der Waals surface area (Å²) in [6.45, 7) is 8.29. The molecule has 9 atom stereocenters. The molecule has 0 amide bonds. The summed E-state index contributed by atoms with van der Waals surface area (Å²) in [5, 5.41) is 49.8. The Balaban J connectivity index is 1.80. The Hall–Kier alpha value is -0.540. The van der Waals surface area contributed by atoms with Gasteiger partial charge in [0.25, 0.3) is 0 Å². The van der Waals surface area contributed by atoms with Crippen molar-refractivity contribution in [3.63, 3.8) is 0 Å². The fraction of sp³-hybridized carbons (Fsp3) is 0.905. The van der Waals surface area contributed by atoms with Gasteiger partial charge < -0.3 is 35.0 Å². The average Bonchev–Trinajstić information content (AvgIpc) is 2.64. The highest BCUT2D eigenvalue weighted by molar-refractivity contribution is 5.19. The topological polar surface area (TPSA) is 120 Å². The van der Waals surface area contributed by atoms with Crippen LogP contribution < -0.4 is 0 Å². The monoisotopic (exact) mass is 400 g/mol. The molecule has 1 aliphatic heterocycles. The summed E-state index contributed by atoms with van der Waals surface area (Å²) < 4.78 is 11.7. The lowest BCUT2D eigenvalue weighted by atomic mass is 9.48. The van der Waals surface area contributed by atoms with Gasteiger partial charge in [-0.3, -0.25) is 0 Å². The van der Waals surface area contributed by atoms with Crippen LogP contribution >= 0.6 is 0 Å². The molecule has 0 unspecified atom stereocenters. The maximum atomic E-state index is 10.3. The van der Waals surface area contributed by atoms with Gasteiger partial charge in [-0.1, -0.05) is 32.4 Å². The van der Waals surface area contributed by atoms with Gasteiger partial charge in [-0.2, -0.15) is 0 Å². The predicted octanol–water partition coefficient (Wildman–Crippen LogP) is 0.572. The van der Waals surface area contributed by atoms with Crippen LogP contribution in [0.2, 0.25) is 0 Å². The zero-order chi connectivity index (χ0) is 20.9. The molecule has 3 aliphatic rings. The molecule has 162 valence electrons. The van der Waals surface area contributed by atoms with E-state index in [0.29, 0.717) is 0 Å². The van der Waals surface area contributed by atoms with E-state index in [2.05, 4.69) is 33.8 Å². The standard InChI is InChI=1S/C21H36O7/c1-11-5-6-14-20(2,3)15(7-8-21(14,4)12(11)9-22)28-19-18(26)17(25)16(24)13(10-23)27-19/h5,12-19,22-26H,6-10H2,1-4H3/t12-,13+,14-,15-,16+,17-,18+,19-,21+/m0/s1. The molecule has 3 rings (SSSR count). The maximum Gasteiger partial charge on any atom is 0.186 e. The highest BCUT2D eigenvalue weighted by Crippen LogP contribution is 2.60. The first-order valence-corrected chi connectivity index (χ1v) is 10.3. The van der Waals surface area contributed by atoms with E-state index in [4.69, 9.17) is 9.47 Å². The maximum absolute atomic E-state index is 10.3. The molecule has 1 saturated carbocycles. The summed E-state index contributed by atoms with van der Waals surface area (Å²) in [4.78, 5) is 0. The van der Waals surface area contributed by atoms with E-state index >= 15 is 0 Å². The van der Waals surface area contributed by atoms with Crippen molar-refractivity contribution in [1.29, 1.82) is 0 Å². The molecule has 5 N–H and O–H groups in total. The molecule has 7 heteroatoms. The number of ether oxygens (including phenoxy) is 2. The van der Waals surface area contributed by atoms with Crippen LogP contribution in [0, 0.1) is 22.7 Å². The summed E-state index contributed by atoms with van der Waals surface area (Å²) in [7, 11) is 0. The third kappa shape index (κ3) is 3.45. The van der Waals surface area contributed by atoms with Crippen molar-refractivity contribution < 1.29 is 35.0 Å². The molecule has 2 aliphatic carbocycles. The zero-order valence-electron chi connectivity index (χ0n) is 17.3. The molecule has 0 aromatic rings. The van der Waals surface area contributed by atoms with E-state index in [9.17, 15) is 25.5 Å². The fourth-order valence-electron chi connectivity index (χ4n) is 5.96. The minimum atomic E-state index is -1.44. The molecule has 1 heterocycles. The van der Waals surface area contributed by atoms with Gasteiger partial charge in [0.15, 0.2) is 6.29 Å². The van der Waals surface area contributed by atoms with Gasteiger partial charge >= 0.3 is 0 Å². The molecule has 28 heavy (non-hydrogen) atoms. The summed E-state index contributed by atoms with van der Waals surface area (Å²) in [5.41, 5.74) is 0.952. The molecule has 0 spiro atoms. The second-order valence-electron chi connectivity index (χ2n) is 9.66. The summed E-state index contributed by atoms with van der Waals surface area (Å²) in [6.07, 6.45) is -1.80. The first-order chi connectivity index (χ1) is 13.1. The van der Waals surface area contributed by atoms with Gasteiger partial charge in [-0.05, 0) is 42.9 Å². The Labute approximate surface area is 167 Å². The smallest absolute Gasteiger partial charge is 0.186 e. The van der Waals surface area contributed by atoms with Crippen LogP contribution in [0.15, 0.2) is 11.6 Å². The molecule has 0 bridgehead atoms. The Morgan fingerprint density at radius 3 is 2.36 bits per heavy atom. The number of fused-ring (bicyclic) bond motifs is 1. The first kappa shape index (κ1) is 22.2. The number of aliphatic hydroxyl groups excluding tert-OH is 5. The van der Waals surface area contributed by atoms with Crippen molar-refractivity contribution in [2.24, 2.45) is 22.7 Å². The van der Waals surface area contributed by atoms with Crippen LogP contribution in [0.25, 0.3) is 0 Å². The Morgan fingerprint density at radius 1 is 1.07 bits per heavy atom. The minimum Gasteiger partial charge on any atom is -0.396 e. The molecular formula is C21H36O7. The lowest BCUT2D eigenvalue weighted by molar-refractivity contribution is -0.327. The normalized spacial score (nSPS) is 48.7. The van der Waals surface area contributed by atoms with Gasteiger partial charge in [0, 0.05) is 5.92 Å². The van der Waals surface area contributed by atoms with Crippen molar-refractivity contribution in [2.75, 3.05) is 13.2 Å². The van der Waals surface area contributed by atoms with Crippen LogP contribution in [-0.4, -0.2) is 75.6 Å². The largest absolute Gasteiger partial charge is 0.396 e. The summed E-state index contributed by atoms with van der Waals surface area (Å²) >= 11 is 0.